The Morgan fingerprint density at radius 1 is 1.15 bits per heavy atom. The van der Waals surface area contributed by atoms with Gasteiger partial charge in [-0.25, -0.2) is 0 Å². The molecule has 1 aliphatic heterocycles. The van der Waals surface area contributed by atoms with Crippen LogP contribution in [0.5, 0.6) is 0 Å². The predicted molar refractivity (Wildman–Crippen MR) is 113 cm³/mol. The largest absolute Gasteiger partial charge is 0.467 e. The van der Waals surface area contributed by atoms with Crippen molar-refractivity contribution in [2.45, 2.75) is 24.5 Å². The van der Waals surface area contributed by atoms with Crippen molar-refractivity contribution >= 4 is 46.1 Å². The second kappa shape index (κ2) is 8.47. The van der Waals surface area contributed by atoms with Crippen molar-refractivity contribution in [1.82, 2.24) is 14.8 Å². The molecule has 140 valence electrons. The van der Waals surface area contributed by atoms with E-state index >= 15 is 0 Å². The summed E-state index contributed by atoms with van der Waals surface area (Å²) in [5.41, 5.74) is 0.722. The van der Waals surface area contributed by atoms with Gasteiger partial charge in [0.25, 0.3) is 0 Å². The number of aromatic nitrogens is 3. The first-order chi connectivity index (χ1) is 13.2. The Bertz CT molecular complexity index is 902. The fraction of sp³-hybridized carbons (Fsp3) is 0.316. The van der Waals surface area contributed by atoms with Crippen LogP contribution in [0.2, 0.25) is 0 Å². The average Bonchev–Trinajstić information content (AvgIpc) is 3.43. The lowest BCUT2D eigenvalue weighted by Crippen LogP contribution is -2.22. The van der Waals surface area contributed by atoms with Crippen LogP contribution in [0.3, 0.4) is 0 Å². The summed E-state index contributed by atoms with van der Waals surface area (Å²) < 4.78 is 8.68. The van der Waals surface area contributed by atoms with Crippen LogP contribution in [0.25, 0.3) is 0 Å². The summed E-state index contributed by atoms with van der Waals surface area (Å²) in [7, 11) is 0. The van der Waals surface area contributed by atoms with Crippen LogP contribution in [0.4, 0.5) is 5.95 Å². The third-order valence-electron chi connectivity index (χ3n) is 4.48. The summed E-state index contributed by atoms with van der Waals surface area (Å²) >= 11 is 3.66. The molecule has 3 aromatic rings. The summed E-state index contributed by atoms with van der Waals surface area (Å²) in [5, 5.41) is 9.51. The molecule has 0 saturated carbocycles. The zero-order valence-electron chi connectivity index (χ0n) is 14.7. The number of hydrogen-bond acceptors (Lipinski definition) is 6. The van der Waals surface area contributed by atoms with E-state index in [1.54, 1.807) is 6.26 Å². The molecule has 0 radical (unpaired) electrons. The Morgan fingerprint density at radius 3 is 2.63 bits per heavy atom. The fourth-order valence-electron chi connectivity index (χ4n) is 3.08. The van der Waals surface area contributed by atoms with Gasteiger partial charge in [0.05, 0.1) is 18.6 Å². The van der Waals surface area contributed by atoms with E-state index < -0.39 is 0 Å². The molecule has 3 heterocycles. The van der Waals surface area contributed by atoms with Gasteiger partial charge in [-0.05, 0) is 59.7 Å². The van der Waals surface area contributed by atoms with Crippen molar-refractivity contribution < 1.29 is 9.21 Å². The number of benzene rings is 1. The van der Waals surface area contributed by atoms with Gasteiger partial charge >= 0.3 is 0 Å². The molecule has 0 N–H and O–H groups in total. The molecule has 0 spiro atoms. The summed E-state index contributed by atoms with van der Waals surface area (Å²) in [6.07, 6.45) is 4.01. The smallest absolute Gasteiger partial charge is 0.228 e. The van der Waals surface area contributed by atoms with Crippen LogP contribution in [0, 0.1) is 3.57 Å². The van der Waals surface area contributed by atoms with Gasteiger partial charge in [0, 0.05) is 22.2 Å². The third-order valence-corrected chi connectivity index (χ3v) is 6.16. The number of rotatable bonds is 7. The van der Waals surface area contributed by atoms with Gasteiger partial charge in [0.15, 0.2) is 10.9 Å². The minimum absolute atomic E-state index is 0.0895. The minimum atomic E-state index is 0.0895. The summed E-state index contributed by atoms with van der Waals surface area (Å²) in [4.78, 5) is 14.8. The van der Waals surface area contributed by atoms with Crippen LogP contribution >= 0.6 is 34.4 Å². The highest BCUT2D eigenvalue weighted by molar-refractivity contribution is 14.1. The van der Waals surface area contributed by atoms with Crippen LogP contribution in [0.15, 0.2) is 52.2 Å². The molecule has 0 unspecified atom stereocenters. The predicted octanol–water partition coefficient (Wildman–Crippen LogP) is 4.10. The fourth-order valence-corrected chi connectivity index (χ4v) is 4.27. The molecule has 1 aromatic carbocycles. The molecule has 27 heavy (non-hydrogen) atoms. The van der Waals surface area contributed by atoms with Gasteiger partial charge in [0.1, 0.15) is 5.76 Å². The van der Waals surface area contributed by atoms with Gasteiger partial charge < -0.3 is 9.32 Å². The maximum Gasteiger partial charge on any atom is 0.228 e. The zero-order chi connectivity index (χ0) is 18.6. The SMILES string of the molecule is O=C(CSc1nnc(N2CCCC2)n1Cc1ccco1)c1ccc(I)cc1. The van der Waals surface area contributed by atoms with Crippen LogP contribution in [0.1, 0.15) is 29.0 Å². The first kappa shape index (κ1) is 18.5. The molecule has 1 aliphatic rings. The number of carbonyl (C=O) groups is 1. The zero-order valence-corrected chi connectivity index (χ0v) is 17.6. The van der Waals surface area contributed by atoms with E-state index in [0.717, 1.165) is 39.1 Å². The Labute approximate surface area is 175 Å². The Kier molecular flexibility index (Phi) is 5.82. The van der Waals surface area contributed by atoms with Gasteiger partial charge in [-0.2, -0.15) is 0 Å². The van der Waals surface area contributed by atoms with Crippen molar-refractivity contribution in [3.63, 3.8) is 0 Å². The van der Waals surface area contributed by atoms with E-state index in [4.69, 9.17) is 4.42 Å². The summed E-state index contributed by atoms with van der Waals surface area (Å²) in [6.45, 7) is 2.54. The topological polar surface area (TPSA) is 64.2 Å². The maximum absolute atomic E-state index is 12.5. The molecule has 2 aromatic heterocycles. The Morgan fingerprint density at radius 2 is 1.93 bits per heavy atom. The lowest BCUT2D eigenvalue weighted by atomic mass is 10.2. The van der Waals surface area contributed by atoms with Gasteiger partial charge in [0.2, 0.25) is 5.95 Å². The molecular formula is C19H19IN4O2S. The maximum atomic E-state index is 12.5. The molecule has 0 aliphatic carbocycles. The molecule has 4 rings (SSSR count). The molecule has 0 amide bonds. The lowest BCUT2D eigenvalue weighted by molar-refractivity contribution is 0.102. The molecule has 0 atom stereocenters. The number of carbonyl (C=O) groups excluding carboxylic acids is 1. The highest BCUT2D eigenvalue weighted by Gasteiger charge is 2.22. The lowest BCUT2D eigenvalue weighted by Gasteiger charge is -2.17. The van der Waals surface area contributed by atoms with Crippen molar-refractivity contribution in [2.75, 3.05) is 23.7 Å². The van der Waals surface area contributed by atoms with E-state index in [0.29, 0.717) is 12.3 Å². The van der Waals surface area contributed by atoms with Gasteiger partial charge in [-0.3, -0.25) is 9.36 Å². The highest BCUT2D eigenvalue weighted by Crippen LogP contribution is 2.26. The van der Waals surface area contributed by atoms with E-state index in [1.807, 2.05) is 36.4 Å². The van der Waals surface area contributed by atoms with E-state index in [9.17, 15) is 4.79 Å². The van der Waals surface area contributed by atoms with Crippen LogP contribution < -0.4 is 4.90 Å². The molecular weight excluding hydrogens is 475 g/mol. The number of ketones is 1. The summed E-state index contributed by atoms with van der Waals surface area (Å²) in [6, 6.07) is 11.5. The van der Waals surface area contributed by atoms with Crippen molar-refractivity contribution in [3.8, 4) is 0 Å². The number of halogens is 1. The van der Waals surface area contributed by atoms with Crippen LogP contribution in [-0.2, 0) is 6.54 Å². The third kappa shape index (κ3) is 4.37. The standard InChI is InChI=1S/C19H19IN4O2S/c20-15-7-5-14(6-8-15)17(25)13-27-19-22-21-18(23-9-1-2-10-23)24(19)12-16-4-3-11-26-16/h3-8,11H,1-2,9-10,12-13H2. The Hall–Kier alpha value is -1.81. The van der Waals surface area contributed by atoms with Crippen LogP contribution in [-0.4, -0.2) is 39.4 Å². The van der Waals surface area contributed by atoms with Crippen molar-refractivity contribution in [3.05, 3.63) is 57.6 Å². The number of nitrogens with zero attached hydrogens (tertiary/aromatic N) is 4. The first-order valence-electron chi connectivity index (χ1n) is 8.83. The van der Waals surface area contributed by atoms with Crippen molar-refractivity contribution in [1.29, 1.82) is 0 Å². The number of furan rings is 1. The molecule has 1 saturated heterocycles. The number of Topliss-reactive ketones (excluding diaryl/α,β-unsaturated/α-hetero) is 1. The normalized spacial score (nSPS) is 14.0. The number of anilines is 1. The van der Waals surface area contributed by atoms with Gasteiger partial charge in [-0.1, -0.05) is 23.9 Å². The number of hydrogen-bond donors (Lipinski definition) is 0. The molecule has 6 nitrogen and oxygen atoms in total. The Balaban J connectivity index is 1.52. The molecule has 8 heteroatoms. The van der Waals surface area contributed by atoms with E-state index in [1.165, 1.54) is 24.6 Å². The first-order valence-corrected chi connectivity index (χ1v) is 10.9. The highest BCUT2D eigenvalue weighted by atomic mass is 127. The molecule has 0 bridgehead atoms. The van der Waals surface area contributed by atoms with Crippen molar-refractivity contribution in [2.24, 2.45) is 0 Å². The minimum Gasteiger partial charge on any atom is -0.467 e. The number of thioether (sulfide) groups is 1. The molecule has 1 fully saturated rings. The second-order valence-electron chi connectivity index (χ2n) is 6.36. The monoisotopic (exact) mass is 494 g/mol. The van der Waals surface area contributed by atoms with E-state index in [2.05, 4.69) is 42.3 Å². The second-order valence-corrected chi connectivity index (χ2v) is 8.55. The quantitative estimate of drug-likeness (QED) is 0.280. The summed E-state index contributed by atoms with van der Waals surface area (Å²) in [5.74, 6) is 2.12. The average molecular weight is 494 g/mol. The van der Waals surface area contributed by atoms with Gasteiger partial charge in [-0.15, -0.1) is 10.2 Å². The van der Waals surface area contributed by atoms with E-state index in [-0.39, 0.29) is 5.78 Å².